The Kier molecular flexibility index (Phi) is 2.65. The number of hydrogen-bond donors (Lipinski definition) is 1. The number of carbonyl (C=O) groups excluding carboxylic acids is 1. The van der Waals surface area contributed by atoms with Gasteiger partial charge in [0.15, 0.2) is 0 Å². The first-order valence-corrected chi connectivity index (χ1v) is 3.94. The van der Waals surface area contributed by atoms with E-state index in [2.05, 4.69) is 10.4 Å². The number of carbonyl (C=O) groups is 1. The highest BCUT2D eigenvalue weighted by molar-refractivity contribution is 5.72. The summed E-state index contributed by atoms with van der Waals surface area (Å²) < 4.78 is 14.4. The molecule has 0 aliphatic carbocycles. The van der Waals surface area contributed by atoms with Gasteiger partial charge in [0.05, 0.1) is 5.69 Å². The van der Waals surface area contributed by atoms with Gasteiger partial charge in [0, 0.05) is 26.1 Å². The van der Waals surface area contributed by atoms with Crippen molar-refractivity contribution in [1.82, 2.24) is 15.1 Å². The number of aryl methyl sites for hydroxylation is 2. The Balaban J connectivity index is 2.81. The molecule has 72 valence electrons. The summed E-state index contributed by atoms with van der Waals surface area (Å²) in [7, 11) is 1.53. The topological polar surface area (TPSA) is 46.9 Å². The molecule has 1 aromatic rings. The van der Waals surface area contributed by atoms with Gasteiger partial charge in [-0.1, -0.05) is 0 Å². The summed E-state index contributed by atoms with van der Waals surface area (Å²) >= 11 is 0. The van der Waals surface area contributed by atoms with Gasteiger partial charge in [-0.3, -0.25) is 4.79 Å². The summed E-state index contributed by atoms with van der Waals surface area (Å²) in [5, 5.41) is 6.40. The number of nitrogens with one attached hydrogen (secondary N) is 1. The summed E-state index contributed by atoms with van der Waals surface area (Å²) in [6, 6.07) is 0. The van der Waals surface area contributed by atoms with Crippen LogP contribution in [0.5, 0.6) is 0 Å². The molecule has 0 saturated heterocycles. The van der Waals surface area contributed by atoms with E-state index in [1.165, 1.54) is 14.0 Å². The van der Waals surface area contributed by atoms with Crippen LogP contribution in [0.2, 0.25) is 0 Å². The second-order valence-electron chi connectivity index (χ2n) is 2.89. The number of halogens is 1. The van der Waals surface area contributed by atoms with Gasteiger partial charge in [-0.2, -0.15) is 9.49 Å². The van der Waals surface area contributed by atoms with Crippen molar-refractivity contribution in [2.75, 3.05) is 0 Å². The Morgan fingerprint density at radius 2 is 2.31 bits per heavy atom. The van der Waals surface area contributed by atoms with E-state index in [0.29, 0.717) is 11.3 Å². The molecule has 0 fully saturated rings. The van der Waals surface area contributed by atoms with Crippen LogP contribution >= 0.6 is 0 Å². The first-order chi connectivity index (χ1) is 6.02. The van der Waals surface area contributed by atoms with Crippen LogP contribution < -0.4 is 5.32 Å². The van der Waals surface area contributed by atoms with Crippen LogP contribution in [0.25, 0.3) is 0 Å². The first kappa shape index (κ1) is 9.70. The molecule has 0 aliphatic heterocycles. The maximum absolute atomic E-state index is 13.2. The average Bonchev–Trinajstić information content (AvgIpc) is 2.24. The SMILES string of the molecule is CC(=O)NCc1c(C)nn(C)c1F. The molecule has 1 aromatic heterocycles. The molecular formula is C8H12FN3O. The van der Waals surface area contributed by atoms with Crippen molar-refractivity contribution >= 4 is 5.91 Å². The summed E-state index contributed by atoms with van der Waals surface area (Å²) in [6.45, 7) is 3.30. The Morgan fingerprint density at radius 3 is 2.69 bits per heavy atom. The lowest BCUT2D eigenvalue weighted by molar-refractivity contribution is -0.119. The zero-order valence-corrected chi connectivity index (χ0v) is 7.89. The molecule has 0 atom stereocenters. The van der Waals surface area contributed by atoms with Crippen molar-refractivity contribution in [2.24, 2.45) is 7.05 Å². The number of rotatable bonds is 2. The maximum atomic E-state index is 13.2. The Bertz CT molecular complexity index is 332. The molecule has 1 rings (SSSR count). The minimum atomic E-state index is -0.397. The fourth-order valence-electron chi connectivity index (χ4n) is 1.09. The van der Waals surface area contributed by atoms with Crippen LogP contribution in [0, 0.1) is 12.9 Å². The van der Waals surface area contributed by atoms with Crippen LogP contribution in [-0.2, 0) is 18.4 Å². The van der Waals surface area contributed by atoms with Crippen LogP contribution in [0.1, 0.15) is 18.2 Å². The molecule has 0 saturated carbocycles. The molecule has 0 unspecified atom stereocenters. The molecule has 0 aromatic carbocycles. The Hall–Kier alpha value is -1.39. The fraction of sp³-hybridized carbons (Fsp3) is 0.500. The molecule has 4 nitrogen and oxygen atoms in total. The van der Waals surface area contributed by atoms with E-state index in [0.717, 1.165) is 4.68 Å². The molecule has 0 aliphatic rings. The van der Waals surface area contributed by atoms with Gasteiger partial charge in [-0.05, 0) is 6.92 Å². The molecule has 1 heterocycles. The zero-order valence-electron chi connectivity index (χ0n) is 7.89. The number of amides is 1. The second-order valence-corrected chi connectivity index (χ2v) is 2.89. The van der Waals surface area contributed by atoms with Crippen LogP contribution in [0.3, 0.4) is 0 Å². The third-order valence-electron chi connectivity index (χ3n) is 1.78. The van der Waals surface area contributed by atoms with Crippen LogP contribution in [-0.4, -0.2) is 15.7 Å². The molecule has 13 heavy (non-hydrogen) atoms. The molecule has 0 spiro atoms. The van der Waals surface area contributed by atoms with E-state index in [1.807, 2.05) is 0 Å². The van der Waals surface area contributed by atoms with E-state index in [4.69, 9.17) is 0 Å². The number of aromatic nitrogens is 2. The van der Waals surface area contributed by atoms with E-state index in [9.17, 15) is 9.18 Å². The van der Waals surface area contributed by atoms with Crippen LogP contribution in [0.4, 0.5) is 4.39 Å². The molecule has 5 heteroatoms. The smallest absolute Gasteiger partial charge is 0.217 e. The van der Waals surface area contributed by atoms with Gasteiger partial charge in [0.1, 0.15) is 0 Å². The van der Waals surface area contributed by atoms with Gasteiger partial charge in [-0.25, -0.2) is 4.68 Å². The Labute approximate surface area is 75.7 Å². The average molecular weight is 185 g/mol. The molecular weight excluding hydrogens is 173 g/mol. The Morgan fingerprint density at radius 1 is 1.69 bits per heavy atom. The van der Waals surface area contributed by atoms with Crippen molar-refractivity contribution < 1.29 is 9.18 Å². The molecule has 1 N–H and O–H groups in total. The molecule has 0 bridgehead atoms. The first-order valence-electron chi connectivity index (χ1n) is 3.94. The predicted molar refractivity (Wildman–Crippen MR) is 45.4 cm³/mol. The van der Waals surface area contributed by atoms with Crippen molar-refractivity contribution in [1.29, 1.82) is 0 Å². The van der Waals surface area contributed by atoms with Gasteiger partial charge in [0.25, 0.3) is 0 Å². The van der Waals surface area contributed by atoms with Crippen molar-refractivity contribution in [3.05, 3.63) is 17.2 Å². The summed E-state index contributed by atoms with van der Waals surface area (Å²) in [5.74, 6) is -0.575. The minimum absolute atomic E-state index is 0.178. The van der Waals surface area contributed by atoms with Gasteiger partial charge < -0.3 is 5.32 Å². The van der Waals surface area contributed by atoms with E-state index in [1.54, 1.807) is 6.92 Å². The highest BCUT2D eigenvalue weighted by Gasteiger charge is 2.12. The monoisotopic (exact) mass is 185 g/mol. The molecule has 1 amide bonds. The van der Waals surface area contributed by atoms with E-state index >= 15 is 0 Å². The zero-order chi connectivity index (χ0) is 10.0. The fourth-order valence-corrected chi connectivity index (χ4v) is 1.09. The summed E-state index contributed by atoms with van der Waals surface area (Å²) in [6.07, 6.45) is 0. The quantitative estimate of drug-likeness (QED) is 0.729. The summed E-state index contributed by atoms with van der Waals surface area (Å²) in [4.78, 5) is 10.6. The van der Waals surface area contributed by atoms with Crippen molar-refractivity contribution in [2.45, 2.75) is 20.4 Å². The lowest BCUT2D eigenvalue weighted by Gasteiger charge is -1.99. The number of nitrogens with zero attached hydrogens (tertiary/aromatic N) is 2. The van der Waals surface area contributed by atoms with E-state index < -0.39 is 5.95 Å². The van der Waals surface area contributed by atoms with Gasteiger partial charge in [0.2, 0.25) is 11.9 Å². The van der Waals surface area contributed by atoms with Crippen molar-refractivity contribution in [3.8, 4) is 0 Å². The molecule has 0 radical (unpaired) electrons. The summed E-state index contributed by atoms with van der Waals surface area (Å²) in [5.41, 5.74) is 1.05. The predicted octanol–water partition coefficient (Wildman–Crippen LogP) is 0.504. The lowest BCUT2D eigenvalue weighted by atomic mass is 10.2. The highest BCUT2D eigenvalue weighted by atomic mass is 19.1. The van der Waals surface area contributed by atoms with Gasteiger partial charge in [-0.15, -0.1) is 0 Å². The largest absolute Gasteiger partial charge is 0.352 e. The standard InChI is InChI=1S/C8H12FN3O/c1-5-7(4-10-6(2)13)8(9)12(3)11-5/h4H2,1-3H3,(H,10,13). The highest BCUT2D eigenvalue weighted by Crippen LogP contribution is 2.10. The maximum Gasteiger partial charge on any atom is 0.217 e. The van der Waals surface area contributed by atoms with Crippen molar-refractivity contribution in [3.63, 3.8) is 0 Å². The normalized spacial score (nSPS) is 10.2. The van der Waals surface area contributed by atoms with Gasteiger partial charge >= 0.3 is 0 Å². The lowest BCUT2D eigenvalue weighted by Crippen LogP contribution is -2.19. The second kappa shape index (κ2) is 3.55. The third kappa shape index (κ3) is 2.05. The number of hydrogen-bond acceptors (Lipinski definition) is 2. The minimum Gasteiger partial charge on any atom is -0.352 e. The van der Waals surface area contributed by atoms with E-state index in [-0.39, 0.29) is 12.5 Å². The third-order valence-corrected chi connectivity index (χ3v) is 1.78. The van der Waals surface area contributed by atoms with Crippen LogP contribution in [0.15, 0.2) is 0 Å².